The van der Waals surface area contributed by atoms with Crippen LogP contribution < -0.4 is 10.1 Å². The molecule has 1 aliphatic rings. The molecule has 1 atom stereocenters. The van der Waals surface area contributed by atoms with E-state index in [-0.39, 0.29) is 6.61 Å². The van der Waals surface area contributed by atoms with Crippen molar-refractivity contribution in [3.63, 3.8) is 0 Å². The van der Waals surface area contributed by atoms with Crippen molar-refractivity contribution in [3.8, 4) is 28.4 Å². The minimum absolute atomic E-state index is 0.214. The van der Waals surface area contributed by atoms with Gasteiger partial charge in [-0.15, -0.1) is 0 Å². The SMILES string of the molecule is CNCC(O)COc1cccc(-c2nc(CC3CC(C(C)(C)C)C3)c(C)c(-c3c(C)noc3C)n2)c1. The highest BCUT2D eigenvalue weighted by atomic mass is 16.5. The standard InChI is InChI=1S/C29H40N4O3/c1-17-25(13-20-11-22(12-20)29(4,5)6)31-28(32-27(17)26-18(2)33-36-19(26)3)21-9-8-10-24(14-21)35-16-23(34)15-30-7/h8-10,14,20,22-23,30,34H,11-13,15-16H2,1-7H3. The summed E-state index contributed by atoms with van der Waals surface area (Å²) < 4.78 is 11.3. The maximum Gasteiger partial charge on any atom is 0.160 e. The van der Waals surface area contributed by atoms with Crippen LogP contribution in [0.15, 0.2) is 28.8 Å². The molecule has 36 heavy (non-hydrogen) atoms. The monoisotopic (exact) mass is 492 g/mol. The Morgan fingerprint density at radius 3 is 2.56 bits per heavy atom. The predicted molar refractivity (Wildman–Crippen MR) is 142 cm³/mol. The molecule has 0 aliphatic heterocycles. The normalized spacial score (nSPS) is 18.7. The Balaban J connectivity index is 1.67. The van der Waals surface area contributed by atoms with Gasteiger partial charge in [0.15, 0.2) is 5.82 Å². The number of likely N-dealkylation sites (N-methyl/N-ethyl adjacent to an activating group) is 1. The van der Waals surface area contributed by atoms with E-state index >= 15 is 0 Å². The summed E-state index contributed by atoms with van der Waals surface area (Å²) in [5, 5.41) is 17.1. The van der Waals surface area contributed by atoms with E-state index in [0.717, 1.165) is 51.9 Å². The van der Waals surface area contributed by atoms with Crippen molar-refractivity contribution < 1.29 is 14.4 Å². The number of aryl methyl sites for hydroxylation is 2. The van der Waals surface area contributed by atoms with Crippen LogP contribution in [0.5, 0.6) is 5.75 Å². The van der Waals surface area contributed by atoms with E-state index in [1.54, 1.807) is 7.05 Å². The number of aliphatic hydroxyl groups is 1. The van der Waals surface area contributed by atoms with Gasteiger partial charge in [0.05, 0.1) is 17.0 Å². The summed E-state index contributed by atoms with van der Waals surface area (Å²) >= 11 is 0. The highest BCUT2D eigenvalue weighted by molar-refractivity contribution is 5.71. The first-order chi connectivity index (χ1) is 17.1. The molecule has 0 bridgehead atoms. The summed E-state index contributed by atoms with van der Waals surface area (Å²) in [7, 11) is 1.81. The van der Waals surface area contributed by atoms with E-state index in [1.165, 1.54) is 12.8 Å². The first-order valence-corrected chi connectivity index (χ1v) is 12.9. The van der Waals surface area contributed by atoms with Crippen molar-refractivity contribution in [1.82, 2.24) is 20.4 Å². The third-order valence-electron chi connectivity index (χ3n) is 7.43. The summed E-state index contributed by atoms with van der Waals surface area (Å²) in [5.41, 5.74) is 6.07. The molecular formula is C29H40N4O3. The quantitative estimate of drug-likeness (QED) is 0.419. The van der Waals surface area contributed by atoms with Crippen molar-refractivity contribution in [2.45, 2.75) is 66.9 Å². The Bertz CT molecular complexity index is 1170. The fraction of sp³-hybridized carbons (Fsp3) is 0.552. The lowest BCUT2D eigenvalue weighted by molar-refractivity contribution is 0.0756. The van der Waals surface area contributed by atoms with Gasteiger partial charge in [0.2, 0.25) is 0 Å². The highest BCUT2D eigenvalue weighted by Crippen LogP contribution is 2.46. The second-order valence-electron chi connectivity index (χ2n) is 11.3. The molecule has 2 N–H and O–H groups in total. The number of benzene rings is 1. The van der Waals surface area contributed by atoms with Gasteiger partial charge in [-0.1, -0.05) is 38.1 Å². The third kappa shape index (κ3) is 5.79. The highest BCUT2D eigenvalue weighted by Gasteiger charge is 2.37. The van der Waals surface area contributed by atoms with Crippen molar-refractivity contribution >= 4 is 0 Å². The maximum absolute atomic E-state index is 10.0. The minimum atomic E-state index is -0.577. The van der Waals surface area contributed by atoms with Gasteiger partial charge in [-0.05, 0) is 82.0 Å². The molecule has 1 aromatic carbocycles. The smallest absolute Gasteiger partial charge is 0.160 e. The van der Waals surface area contributed by atoms with Gasteiger partial charge in [0.1, 0.15) is 24.2 Å². The molecule has 1 fully saturated rings. The number of nitrogens with one attached hydrogen (secondary N) is 1. The topological polar surface area (TPSA) is 93.3 Å². The molecule has 0 radical (unpaired) electrons. The lowest BCUT2D eigenvalue weighted by Crippen LogP contribution is -2.35. The Hall–Kier alpha value is -2.77. The fourth-order valence-corrected chi connectivity index (χ4v) is 5.05. The van der Waals surface area contributed by atoms with Gasteiger partial charge in [-0.2, -0.15) is 0 Å². The van der Waals surface area contributed by atoms with Crippen LogP contribution in [-0.2, 0) is 6.42 Å². The molecule has 7 heteroatoms. The number of aromatic nitrogens is 3. The van der Waals surface area contributed by atoms with Crippen molar-refractivity contribution in [2.75, 3.05) is 20.2 Å². The molecular weight excluding hydrogens is 452 g/mol. The first kappa shape index (κ1) is 26.3. The molecule has 7 nitrogen and oxygen atoms in total. The molecule has 3 aromatic rings. The van der Waals surface area contributed by atoms with Gasteiger partial charge in [-0.3, -0.25) is 0 Å². The summed E-state index contributed by atoms with van der Waals surface area (Å²) in [5.74, 6) is 3.51. The van der Waals surface area contributed by atoms with Crippen molar-refractivity contribution in [2.24, 2.45) is 17.3 Å². The average Bonchev–Trinajstić information content (AvgIpc) is 3.13. The third-order valence-corrected chi connectivity index (χ3v) is 7.43. The number of aliphatic hydroxyl groups excluding tert-OH is 1. The lowest BCUT2D eigenvalue weighted by Gasteiger charge is -2.44. The summed E-state index contributed by atoms with van der Waals surface area (Å²) in [6.07, 6.45) is 2.84. The summed E-state index contributed by atoms with van der Waals surface area (Å²) in [4.78, 5) is 10.1. The Kier molecular flexibility index (Phi) is 7.81. The van der Waals surface area contributed by atoms with E-state index in [2.05, 4.69) is 38.2 Å². The van der Waals surface area contributed by atoms with Crippen LogP contribution in [0.1, 0.15) is 56.3 Å². The van der Waals surface area contributed by atoms with Crippen LogP contribution in [0.3, 0.4) is 0 Å². The zero-order chi connectivity index (χ0) is 26.0. The Morgan fingerprint density at radius 1 is 1.17 bits per heavy atom. The fourth-order valence-electron chi connectivity index (χ4n) is 5.05. The molecule has 1 unspecified atom stereocenters. The van der Waals surface area contributed by atoms with Crippen LogP contribution in [0.2, 0.25) is 0 Å². The Labute approximate surface area is 214 Å². The van der Waals surface area contributed by atoms with Gasteiger partial charge in [0, 0.05) is 17.8 Å². The number of rotatable bonds is 9. The van der Waals surface area contributed by atoms with E-state index in [4.69, 9.17) is 19.2 Å². The van der Waals surface area contributed by atoms with Crippen LogP contribution in [0.25, 0.3) is 22.6 Å². The molecule has 0 saturated heterocycles. The predicted octanol–water partition coefficient (Wildman–Crippen LogP) is 5.30. The van der Waals surface area contributed by atoms with Crippen molar-refractivity contribution in [3.05, 3.63) is 47.0 Å². The minimum Gasteiger partial charge on any atom is -0.491 e. The van der Waals surface area contributed by atoms with E-state index in [1.807, 2.05) is 38.1 Å². The van der Waals surface area contributed by atoms with Crippen LogP contribution in [-0.4, -0.2) is 46.5 Å². The van der Waals surface area contributed by atoms with Crippen LogP contribution >= 0.6 is 0 Å². The van der Waals surface area contributed by atoms with Crippen LogP contribution in [0, 0.1) is 38.0 Å². The number of ether oxygens (including phenoxy) is 1. The molecule has 2 heterocycles. The molecule has 1 aliphatic carbocycles. The van der Waals surface area contributed by atoms with Gasteiger partial charge < -0.3 is 19.7 Å². The molecule has 0 amide bonds. The number of nitrogens with zero attached hydrogens (tertiary/aromatic N) is 3. The van der Waals surface area contributed by atoms with E-state index in [0.29, 0.717) is 29.5 Å². The first-order valence-electron chi connectivity index (χ1n) is 12.9. The second-order valence-corrected chi connectivity index (χ2v) is 11.3. The van der Waals surface area contributed by atoms with Crippen LogP contribution in [0.4, 0.5) is 0 Å². The number of hydrogen-bond acceptors (Lipinski definition) is 7. The van der Waals surface area contributed by atoms with Crippen molar-refractivity contribution in [1.29, 1.82) is 0 Å². The second kappa shape index (κ2) is 10.7. The summed E-state index contributed by atoms with van der Waals surface area (Å²) in [6, 6.07) is 7.77. The largest absolute Gasteiger partial charge is 0.491 e. The molecule has 2 aromatic heterocycles. The van der Waals surface area contributed by atoms with Gasteiger partial charge in [0.25, 0.3) is 0 Å². The number of hydrogen-bond donors (Lipinski definition) is 2. The molecule has 4 rings (SSSR count). The summed E-state index contributed by atoms with van der Waals surface area (Å²) in [6.45, 7) is 13.7. The van der Waals surface area contributed by atoms with Gasteiger partial charge in [-0.25, -0.2) is 9.97 Å². The maximum atomic E-state index is 10.0. The molecule has 1 saturated carbocycles. The van der Waals surface area contributed by atoms with E-state index in [9.17, 15) is 5.11 Å². The molecule has 194 valence electrons. The zero-order valence-corrected chi connectivity index (χ0v) is 22.7. The Morgan fingerprint density at radius 2 is 1.92 bits per heavy atom. The average molecular weight is 493 g/mol. The lowest BCUT2D eigenvalue weighted by atomic mass is 9.62. The van der Waals surface area contributed by atoms with E-state index < -0.39 is 6.10 Å². The zero-order valence-electron chi connectivity index (χ0n) is 22.7. The van der Waals surface area contributed by atoms with Gasteiger partial charge >= 0.3 is 0 Å². The molecule has 0 spiro atoms.